The highest BCUT2D eigenvalue weighted by molar-refractivity contribution is 5.94. The number of amides is 2. The van der Waals surface area contributed by atoms with Crippen molar-refractivity contribution < 1.29 is 19.1 Å². The van der Waals surface area contributed by atoms with Crippen LogP contribution in [0.5, 0.6) is 11.5 Å². The molecule has 0 aliphatic carbocycles. The van der Waals surface area contributed by atoms with E-state index in [-0.39, 0.29) is 43.4 Å². The summed E-state index contributed by atoms with van der Waals surface area (Å²) in [5, 5.41) is 20.3. The molecule has 1 fully saturated rings. The number of aromatic nitrogens is 2. The van der Waals surface area contributed by atoms with Gasteiger partial charge >= 0.3 is 0 Å². The number of halogens is 1. The van der Waals surface area contributed by atoms with E-state index in [2.05, 4.69) is 25.7 Å². The molecule has 3 heterocycles. The largest absolute Gasteiger partial charge is 0.454 e. The Bertz CT molecular complexity index is 1310. The van der Waals surface area contributed by atoms with Crippen molar-refractivity contribution in [2.24, 2.45) is 5.73 Å². The Morgan fingerprint density at radius 1 is 1.02 bits per heavy atom. The van der Waals surface area contributed by atoms with Crippen molar-refractivity contribution in [2.45, 2.75) is 19.1 Å². The molecular weight excluding hydrogens is 536 g/mol. The predicted molar refractivity (Wildman–Crippen MR) is 150 cm³/mol. The van der Waals surface area contributed by atoms with Gasteiger partial charge in [-0.05, 0) is 29.3 Å². The third-order valence-electron chi connectivity index (χ3n) is 6.85. The number of aromatic amines is 1. The first kappa shape index (κ1) is 28.9. The number of nitrogens with two attached hydrogens (primary N) is 1. The van der Waals surface area contributed by atoms with Crippen LogP contribution in [0.25, 0.3) is 0 Å². The van der Waals surface area contributed by atoms with E-state index in [9.17, 15) is 9.59 Å². The molecular formula is C27H33ClN8O4. The van der Waals surface area contributed by atoms with Crippen LogP contribution in [-0.2, 0) is 22.7 Å². The van der Waals surface area contributed by atoms with Crippen LogP contribution in [0.2, 0.25) is 0 Å². The van der Waals surface area contributed by atoms with Gasteiger partial charge in [-0.15, -0.1) is 12.4 Å². The molecule has 12 nitrogen and oxygen atoms in total. The number of carbonyl (C=O) groups is 2. The highest BCUT2D eigenvalue weighted by Crippen LogP contribution is 2.32. The molecule has 1 atom stereocenters. The number of hydrogen-bond acceptors (Lipinski definition) is 8. The molecule has 3 aromatic rings. The lowest BCUT2D eigenvalue weighted by atomic mass is 10.1. The lowest BCUT2D eigenvalue weighted by Crippen LogP contribution is -2.51. The van der Waals surface area contributed by atoms with Crippen molar-refractivity contribution in [3.8, 4) is 11.5 Å². The lowest BCUT2D eigenvalue weighted by Gasteiger charge is -2.35. The number of nitrogens with zero attached hydrogens (tertiary/aromatic N) is 3. The Kier molecular flexibility index (Phi) is 9.59. The normalized spacial score (nSPS) is 15.2. The van der Waals surface area contributed by atoms with E-state index in [4.69, 9.17) is 20.6 Å². The summed E-state index contributed by atoms with van der Waals surface area (Å²) in [4.78, 5) is 30.0. The third-order valence-corrected chi connectivity index (χ3v) is 6.85. The number of benzene rings is 2. The molecule has 0 spiro atoms. The molecule has 2 amide bonds. The topological polar surface area (TPSA) is 162 Å². The van der Waals surface area contributed by atoms with Crippen molar-refractivity contribution in [1.82, 2.24) is 30.6 Å². The smallest absolute Gasteiger partial charge is 0.243 e. The van der Waals surface area contributed by atoms with Gasteiger partial charge in [0, 0.05) is 51.0 Å². The number of rotatable bonds is 10. The average molecular weight is 569 g/mol. The van der Waals surface area contributed by atoms with E-state index < -0.39 is 6.04 Å². The van der Waals surface area contributed by atoms with Gasteiger partial charge in [0.25, 0.3) is 0 Å². The van der Waals surface area contributed by atoms with E-state index in [0.717, 1.165) is 42.3 Å². The van der Waals surface area contributed by atoms with Gasteiger partial charge in [0.2, 0.25) is 18.6 Å². The summed E-state index contributed by atoms with van der Waals surface area (Å²) in [7, 11) is 0. The molecule has 212 valence electrons. The SMILES string of the molecule is Cl.N=C(N)c1ccc(CNC(C(=O)NCC(=O)N2CCN(Cc3ccc4c(c3)OCO4)CC2)c2ccn[nH]2)cc1. The second kappa shape index (κ2) is 13.3. The summed E-state index contributed by atoms with van der Waals surface area (Å²) in [6, 6.07) is 14.2. The van der Waals surface area contributed by atoms with Crippen molar-refractivity contribution in [3.05, 3.63) is 77.1 Å². The van der Waals surface area contributed by atoms with E-state index in [1.807, 2.05) is 30.3 Å². The van der Waals surface area contributed by atoms with Gasteiger partial charge in [0.1, 0.15) is 11.9 Å². The zero-order valence-corrected chi connectivity index (χ0v) is 22.7. The van der Waals surface area contributed by atoms with Gasteiger partial charge in [-0.2, -0.15) is 5.10 Å². The van der Waals surface area contributed by atoms with Gasteiger partial charge in [-0.1, -0.05) is 30.3 Å². The van der Waals surface area contributed by atoms with Gasteiger partial charge in [-0.25, -0.2) is 0 Å². The molecule has 2 aliphatic heterocycles. The molecule has 5 rings (SSSR count). The fourth-order valence-electron chi connectivity index (χ4n) is 4.62. The highest BCUT2D eigenvalue weighted by Gasteiger charge is 2.25. The van der Waals surface area contributed by atoms with Crippen LogP contribution in [0.4, 0.5) is 0 Å². The second-order valence-electron chi connectivity index (χ2n) is 9.50. The summed E-state index contributed by atoms with van der Waals surface area (Å²) < 4.78 is 10.8. The quantitative estimate of drug-likeness (QED) is 0.180. The summed E-state index contributed by atoms with van der Waals surface area (Å²) in [6.45, 7) is 4.02. The van der Waals surface area contributed by atoms with Gasteiger partial charge in [0.15, 0.2) is 11.5 Å². The predicted octanol–water partition coefficient (Wildman–Crippen LogP) is 1.14. The van der Waals surface area contributed by atoms with Crippen LogP contribution >= 0.6 is 12.4 Å². The van der Waals surface area contributed by atoms with Crippen LogP contribution in [0.15, 0.2) is 54.7 Å². The number of H-pyrrole nitrogens is 1. The van der Waals surface area contributed by atoms with E-state index in [1.54, 1.807) is 29.3 Å². The van der Waals surface area contributed by atoms with Gasteiger partial charge < -0.3 is 25.4 Å². The Hall–Kier alpha value is -4.13. The van der Waals surface area contributed by atoms with Crippen molar-refractivity contribution in [3.63, 3.8) is 0 Å². The number of piperazine rings is 1. The van der Waals surface area contributed by atoms with Crippen molar-refractivity contribution in [2.75, 3.05) is 39.5 Å². The first-order chi connectivity index (χ1) is 19.0. The molecule has 1 aromatic heterocycles. The minimum atomic E-state index is -0.716. The molecule has 6 N–H and O–H groups in total. The summed E-state index contributed by atoms with van der Waals surface area (Å²) >= 11 is 0. The maximum atomic E-state index is 13.1. The average Bonchev–Trinajstić information content (AvgIpc) is 3.65. The number of amidine groups is 1. The highest BCUT2D eigenvalue weighted by atomic mass is 35.5. The van der Waals surface area contributed by atoms with Crippen LogP contribution in [0.3, 0.4) is 0 Å². The first-order valence-electron chi connectivity index (χ1n) is 12.8. The minimum Gasteiger partial charge on any atom is -0.454 e. The van der Waals surface area contributed by atoms with Crippen molar-refractivity contribution >= 4 is 30.1 Å². The number of nitrogens with one attached hydrogen (secondary N) is 4. The number of ether oxygens (including phenoxy) is 2. The van der Waals surface area contributed by atoms with Crippen LogP contribution < -0.4 is 25.8 Å². The number of nitrogen functional groups attached to an aromatic ring is 1. The minimum absolute atomic E-state index is 0. The van der Waals surface area contributed by atoms with Gasteiger partial charge in [-0.3, -0.25) is 30.3 Å². The maximum Gasteiger partial charge on any atom is 0.243 e. The van der Waals surface area contributed by atoms with E-state index >= 15 is 0 Å². The lowest BCUT2D eigenvalue weighted by molar-refractivity contribution is -0.134. The molecule has 2 aromatic carbocycles. The molecule has 1 unspecified atom stereocenters. The second-order valence-corrected chi connectivity index (χ2v) is 9.50. The molecule has 0 saturated carbocycles. The summed E-state index contributed by atoms with van der Waals surface area (Å²) in [5.74, 6) is 1.10. The molecule has 13 heteroatoms. The Balaban J connectivity index is 0.00000370. The van der Waals surface area contributed by atoms with E-state index in [0.29, 0.717) is 30.9 Å². The summed E-state index contributed by atoms with van der Waals surface area (Å²) in [5.41, 5.74) is 8.81. The first-order valence-corrected chi connectivity index (χ1v) is 12.8. The maximum absolute atomic E-state index is 13.1. The fourth-order valence-corrected chi connectivity index (χ4v) is 4.62. The molecule has 1 saturated heterocycles. The van der Waals surface area contributed by atoms with E-state index in [1.165, 1.54) is 0 Å². The Morgan fingerprint density at radius 2 is 1.75 bits per heavy atom. The molecule has 2 aliphatic rings. The van der Waals surface area contributed by atoms with Crippen LogP contribution in [0.1, 0.15) is 28.4 Å². The number of hydrogen-bond donors (Lipinski definition) is 5. The van der Waals surface area contributed by atoms with Crippen LogP contribution in [0, 0.1) is 5.41 Å². The standard InChI is InChI=1S/C27H32N8O4.ClH/c28-26(29)20-4-1-18(2-5-20)14-30-25(21-7-8-32-33-21)27(37)31-15-24(36)35-11-9-34(10-12-35)16-19-3-6-22-23(13-19)39-17-38-22;/h1-8,13,25,30H,9-12,14-17H2,(H3,28,29)(H,31,37)(H,32,33);1H. The van der Waals surface area contributed by atoms with Crippen LogP contribution in [-0.4, -0.2) is 77.2 Å². The van der Waals surface area contributed by atoms with Gasteiger partial charge in [0.05, 0.1) is 12.2 Å². The number of carbonyl (C=O) groups excluding carboxylic acids is 2. The monoisotopic (exact) mass is 568 g/mol. The number of fused-ring (bicyclic) bond motifs is 1. The third kappa shape index (κ3) is 7.08. The Labute approximate surface area is 238 Å². The Morgan fingerprint density at radius 3 is 2.45 bits per heavy atom. The fraction of sp³-hybridized carbons (Fsp3) is 0.333. The molecule has 0 radical (unpaired) electrons. The summed E-state index contributed by atoms with van der Waals surface area (Å²) in [6.07, 6.45) is 1.58. The molecule has 40 heavy (non-hydrogen) atoms. The molecule has 0 bridgehead atoms. The van der Waals surface area contributed by atoms with Crippen molar-refractivity contribution in [1.29, 1.82) is 5.41 Å². The zero-order chi connectivity index (χ0) is 27.2. The zero-order valence-electron chi connectivity index (χ0n) is 21.9.